The molecule has 4 heterocycles. The number of hydrogen-bond donors (Lipinski definition) is 0. The van der Waals surface area contributed by atoms with Gasteiger partial charge in [0, 0.05) is 46.5 Å². The summed E-state index contributed by atoms with van der Waals surface area (Å²) in [5.74, 6) is 0.531. The van der Waals surface area contributed by atoms with Crippen LogP contribution in [0.4, 0.5) is 4.79 Å². The van der Waals surface area contributed by atoms with E-state index in [-0.39, 0.29) is 24.0 Å². The average molecular weight is 513 g/mol. The minimum atomic E-state index is -0.544. The number of thiophene rings is 1. The molecule has 0 radical (unpaired) electrons. The standard InChI is InChI=1S/C25H25ClN4O4S/c1-25(2,3)34-24(31)30-8-15-10-32-11-16(9-30)21(15)33-23-22-20(28-13-29-23)18(12-35-22)17-5-4-14(7-27)6-19(17)26/h4-6,12-13,15-16,21H,8-11H2,1-3H3. The number of nitriles is 1. The molecule has 2 aliphatic heterocycles. The molecule has 2 aromatic heterocycles. The Hall–Kier alpha value is -2.93. The van der Waals surface area contributed by atoms with Gasteiger partial charge in [0.05, 0.1) is 30.4 Å². The third-order valence-electron chi connectivity index (χ3n) is 6.11. The Kier molecular flexibility index (Phi) is 6.30. The molecule has 0 aliphatic carbocycles. The van der Waals surface area contributed by atoms with E-state index in [1.165, 1.54) is 17.7 Å². The second-order valence-electron chi connectivity index (χ2n) is 9.84. The number of likely N-dealkylation sites (tertiary alicyclic amines) is 1. The third kappa shape index (κ3) is 4.79. The maximum atomic E-state index is 12.7. The minimum absolute atomic E-state index is 0.00689. The Morgan fingerprint density at radius 2 is 1.97 bits per heavy atom. The van der Waals surface area contributed by atoms with Crippen LogP contribution in [0.15, 0.2) is 29.9 Å². The number of rotatable bonds is 3. The molecular formula is C25H25ClN4O4S. The van der Waals surface area contributed by atoms with Crippen molar-refractivity contribution in [2.45, 2.75) is 32.5 Å². The van der Waals surface area contributed by atoms with Gasteiger partial charge >= 0.3 is 6.09 Å². The molecule has 182 valence electrons. The Bertz CT molecular complexity index is 1300. The monoisotopic (exact) mass is 512 g/mol. The first-order chi connectivity index (χ1) is 16.7. The van der Waals surface area contributed by atoms with E-state index < -0.39 is 5.60 Å². The fourth-order valence-electron chi connectivity index (χ4n) is 4.60. The summed E-state index contributed by atoms with van der Waals surface area (Å²) in [5.41, 5.74) is 2.38. The number of ether oxygens (including phenoxy) is 3. The highest BCUT2D eigenvalue weighted by Gasteiger charge is 2.44. The Balaban J connectivity index is 1.40. The van der Waals surface area contributed by atoms with E-state index in [0.717, 1.165) is 21.3 Å². The second-order valence-corrected chi connectivity index (χ2v) is 11.1. The molecule has 2 bridgehead atoms. The minimum Gasteiger partial charge on any atom is -0.472 e. The lowest BCUT2D eigenvalue weighted by molar-refractivity contribution is -0.112. The van der Waals surface area contributed by atoms with Crippen LogP contribution in [0.25, 0.3) is 21.3 Å². The van der Waals surface area contributed by atoms with Gasteiger partial charge in [0.2, 0.25) is 5.88 Å². The number of carbonyl (C=O) groups excluding carboxylic acids is 1. The number of carbonyl (C=O) groups is 1. The highest BCUT2D eigenvalue weighted by molar-refractivity contribution is 7.18. The van der Waals surface area contributed by atoms with Crippen molar-refractivity contribution in [2.24, 2.45) is 11.8 Å². The first-order valence-corrected chi connectivity index (χ1v) is 12.6. The van der Waals surface area contributed by atoms with Crippen molar-refractivity contribution in [1.82, 2.24) is 14.9 Å². The molecule has 0 saturated carbocycles. The first-order valence-electron chi connectivity index (χ1n) is 11.4. The summed E-state index contributed by atoms with van der Waals surface area (Å²) in [6.07, 6.45) is 1.05. The van der Waals surface area contributed by atoms with Crippen molar-refractivity contribution in [3.63, 3.8) is 0 Å². The maximum absolute atomic E-state index is 12.7. The van der Waals surface area contributed by atoms with Crippen LogP contribution in [0, 0.1) is 23.2 Å². The van der Waals surface area contributed by atoms with Gasteiger partial charge in [-0.2, -0.15) is 5.26 Å². The van der Waals surface area contributed by atoms with Crippen LogP contribution < -0.4 is 4.74 Å². The molecule has 2 saturated heterocycles. The summed E-state index contributed by atoms with van der Waals surface area (Å²) < 4.78 is 18.7. The summed E-state index contributed by atoms with van der Waals surface area (Å²) in [4.78, 5) is 23.4. The zero-order valence-electron chi connectivity index (χ0n) is 19.7. The lowest BCUT2D eigenvalue weighted by Crippen LogP contribution is -2.59. The van der Waals surface area contributed by atoms with E-state index >= 15 is 0 Å². The van der Waals surface area contributed by atoms with E-state index in [1.807, 2.05) is 32.2 Å². The number of hydrogen-bond acceptors (Lipinski definition) is 8. The fourth-order valence-corrected chi connectivity index (χ4v) is 5.84. The maximum Gasteiger partial charge on any atom is 0.410 e. The van der Waals surface area contributed by atoms with Crippen molar-refractivity contribution in [2.75, 3.05) is 26.3 Å². The Morgan fingerprint density at radius 3 is 2.63 bits per heavy atom. The van der Waals surface area contributed by atoms with Gasteiger partial charge in [-0.25, -0.2) is 14.8 Å². The summed E-state index contributed by atoms with van der Waals surface area (Å²) in [6.45, 7) is 7.61. The number of halogens is 1. The van der Waals surface area contributed by atoms with Gasteiger partial charge in [-0.1, -0.05) is 17.7 Å². The topological polar surface area (TPSA) is 97.6 Å². The van der Waals surface area contributed by atoms with Crippen molar-refractivity contribution in [3.05, 3.63) is 40.5 Å². The molecule has 10 heteroatoms. The van der Waals surface area contributed by atoms with Gasteiger partial charge in [0.1, 0.15) is 22.7 Å². The molecule has 0 N–H and O–H groups in total. The van der Waals surface area contributed by atoms with E-state index in [9.17, 15) is 4.79 Å². The molecule has 35 heavy (non-hydrogen) atoms. The number of piperidine rings is 1. The molecule has 1 amide bonds. The predicted molar refractivity (Wildman–Crippen MR) is 133 cm³/mol. The normalized spacial score (nSPS) is 22.0. The van der Waals surface area contributed by atoms with Crippen LogP contribution in [0.5, 0.6) is 5.88 Å². The molecule has 2 fully saturated rings. The van der Waals surface area contributed by atoms with Crippen molar-refractivity contribution < 1.29 is 19.0 Å². The highest BCUT2D eigenvalue weighted by Crippen LogP contribution is 2.41. The molecule has 5 rings (SSSR count). The smallest absolute Gasteiger partial charge is 0.410 e. The first kappa shape index (κ1) is 23.8. The van der Waals surface area contributed by atoms with Gasteiger partial charge in [-0.05, 0) is 32.9 Å². The van der Waals surface area contributed by atoms with Crippen LogP contribution in [-0.2, 0) is 9.47 Å². The summed E-state index contributed by atoms with van der Waals surface area (Å²) >= 11 is 7.95. The lowest BCUT2D eigenvalue weighted by atomic mass is 9.84. The molecule has 2 unspecified atom stereocenters. The SMILES string of the molecule is CC(C)(C)OC(=O)N1CC2COCC(C1)C2Oc1ncnc2c(-c3ccc(C#N)cc3Cl)csc12. The molecule has 2 aliphatic rings. The van der Waals surface area contributed by atoms with Gasteiger partial charge in [0.15, 0.2) is 0 Å². The molecule has 8 nitrogen and oxygen atoms in total. The molecule has 1 aromatic carbocycles. The van der Waals surface area contributed by atoms with Gasteiger partial charge in [0.25, 0.3) is 0 Å². The van der Waals surface area contributed by atoms with Gasteiger partial charge in [-0.15, -0.1) is 11.3 Å². The van der Waals surface area contributed by atoms with E-state index in [2.05, 4.69) is 16.0 Å². The quantitative estimate of drug-likeness (QED) is 0.479. The van der Waals surface area contributed by atoms with Crippen molar-refractivity contribution >= 4 is 39.2 Å². The third-order valence-corrected chi connectivity index (χ3v) is 7.38. The van der Waals surface area contributed by atoms with Crippen LogP contribution in [0.3, 0.4) is 0 Å². The van der Waals surface area contributed by atoms with Crippen LogP contribution in [-0.4, -0.2) is 59.0 Å². The van der Waals surface area contributed by atoms with Gasteiger partial charge in [-0.3, -0.25) is 0 Å². The van der Waals surface area contributed by atoms with E-state index in [0.29, 0.717) is 42.8 Å². The van der Waals surface area contributed by atoms with Crippen molar-refractivity contribution in [1.29, 1.82) is 5.26 Å². The summed E-state index contributed by atoms with van der Waals surface area (Å²) in [6, 6.07) is 7.33. The van der Waals surface area contributed by atoms with Crippen LogP contribution in [0.2, 0.25) is 5.02 Å². The zero-order chi connectivity index (χ0) is 24.7. The lowest BCUT2D eigenvalue weighted by Gasteiger charge is -2.46. The Morgan fingerprint density at radius 1 is 1.23 bits per heavy atom. The molecule has 0 spiro atoms. The number of aromatic nitrogens is 2. The van der Waals surface area contributed by atoms with Gasteiger partial charge < -0.3 is 19.1 Å². The predicted octanol–water partition coefficient (Wildman–Crippen LogP) is 5.14. The number of nitrogens with zero attached hydrogens (tertiary/aromatic N) is 4. The molecular weight excluding hydrogens is 488 g/mol. The van der Waals surface area contributed by atoms with Crippen molar-refractivity contribution in [3.8, 4) is 23.1 Å². The Labute approximate surface area is 212 Å². The highest BCUT2D eigenvalue weighted by atomic mass is 35.5. The second kappa shape index (κ2) is 9.26. The zero-order valence-corrected chi connectivity index (χ0v) is 21.2. The fraction of sp³-hybridized carbons (Fsp3) is 0.440. The average Bonchev–Trinajstić information content (AvgIpc) is 3.22. The molecule has 2 atom stereocenters. The number of benzene rings is 1. The van der Waals surface area contributed by atoms with E-state index in [4.69, 9.17) is 31.1 Å². The molecule has 3 aromatic rings. The van der Waals surface area contributed by atoms with E-state index in [1.54, 1.807) is 17.0 Å². The van der Waals surface area contributed by atoms with Crippen LogP contribution >= 0.6 is 22.9 Å². The summed E-state index contributed by atoms with van der Waals surface area (Å²) in [7, 11) is 0. The van der Waals surface area contributed by atoms with Crippen LogP contribution in [0.1, 0.15) is 26.3 Å². The summed E-state index contributed by atoms with van der Waals surface area (Å²) in [5, 5.41) is 11.6. The largest absolute Gasteiger partial charge is 0.472 e. The number of amides is 1. The number of fused-ring (bicyclic) bond motifs is 3.